The smallest absolute Gasteiger partial charge is 0.356 e. The molecule has 2 aliphatic heterocycles. The van der Waals surface area contributed by atoms with E-state index < -0.39 is 23.6 Å². The van der Waals surface area contributed by atoms with E-state index in [1.165, 1.54) is 23.6 Å². The van der Waals surface area contributed by atoms with E-state index in [0.29, 0.717) is 11.3 Å². The van der Waals surface area contributed by atoms with Crippen molar-refractivity contribution < 1.29 is 23.9 Å². The van der Waals surface area contributed by atoms with Gasteiger partial charge in [0, 0.05) is 18.2 Å². The maximum atomic E-state index is 13.5. The van der Waals surface area contributed by atoms with Gasteiger partial charge in [0.05, 0.1) is 0 Å². The van der Waals surface area contributed by atoms with Gasteiger partial charge in [0.2, 0.25) is 0 Å². The molecule has 1 fully saturated rings. The minimum Gasteiger partial charge on any atom is -0.461 e. The summed E-state index contributed by atoms with van der Waals surface area (Å²) in [5.41, 5.74) is 7.33. The maximum Gasteiger partial charge on any atom is 0.356 e. The number of hydrogen-bond donors (Lipinski definition) is 1. The number of thioether (sulfide) groups is 1. The number of carbonyl (C=O) groups is 3. The molecule has 2 N–H and O–H groups in total. The third-order valence-corrected chi connectivity index (χ3v) is 7.02. The van der Waals surface area contributed by atoms with Gasteiger partial charge in [-0.25, -0.2) is 4.79 Å². The summed E-state index contributed by atoms with van der Waals surface area (Å²) >= 11 is 1.44. The lowest BCUT2D eigenvalue weighted by Crippen LogP contribution is -2.76. The number of ether oxygens (including phenoxy) is 2. The molecule has 0 bridgehead atoms. The molecule has 0 saturated carbocycles. The van der Waals surface area contributed by atoms with Crippen molar-refractivity contribution in [3.63, 3.8) is 0 Å². The van der Waals surface area contributed by atoms with Gasteiger partial charge in [0.1, 0.15) is 23.2 Å². The van der Waals surface area contributed by atoms with Gasteiger partial charge in [-0.05, 0) is 18.1 Å². The van der Waals surface area contributed by atoms with Crippen LogP contribution in [0.1, 0.15) is 31.1 Å². The average Bonchev–Trinajstić information content (AvgIpc) is 2.81. The quantitative estimate of drug-likeness (QED) is 0.531. The first-order valence-corrected chi connectivity index (χ1v) is 11.3. The Labute approximate surface area is 190 Å². The molecule has 1 amide bonds. The molecule has 0 spiro atoms. The molecule has 32 heavy (non-hydrogen) atoms. The Morgan fingerprint density at radius 1 is 1.12 bits per heavy atom. The highest BCUT2D eigenvalue weighted by atomic mass is 32.2. The van der Waals surface area contributed by atoms with E-state index in [2.05, 4.69) is 0 Å². The molecule has 1 saturated heterocycles. The van der Waals surface area contributed by atoms with Crippen LogP contribution in [0.5, 0.6) is 0 Å². The summed E-state index contributed by atoms with van der Waals surface area (Å²) in [4.78, 5) is 39.0. The molecule has 0 aliphatic carbocycles. The van der Waals surface area contributed by atoms with Crippen LogP contribution in [0, 0.1) is 0 Å². The van der Waals surface area contributed by atoms with E-state index in [1.54, 1.807) is 6.92 Å². The van der Waals surface area contributed by atoms with Crippen LogP contribution in [0.3, 0.4) is 0 Å². The van der Waals surface area contributed by atoms with Gasteiger partial charge in [-0.15, -0.1) is 11.8 Å². The molecular weight excluding hydrogens is 428 g/mol. The second-order valence-electron chi connectivity index (χ2n) is 7.96. The normalized spacial score (nSPS) is 22.3. The van der Waals surface area contributed by atoms with Crippen LogP contribution in [-0.4, -0.2) is 46.0 Å². The number of benzene rings is 2. The van der Waals surface area contributed by atoms with Crippen LogP contribution in [0.15, 0.2) is 71.9 Å². The lowest BCUT2D eigenvalue weighted by molar-refractivity contribution is -0.157. The van der Waals surface area contributed by atoms with Crippen molar-refractivity contribution in [1.29, 1.82) is 0 Å². The van der Waals surface area contributed by atoms with Gasteiger partial charge in [-0.3, -0.25) is 14.5 Å². The number of carbonyl (C=O) groups excluding carboxylic acids is 3. The average molecular weight is 453 g/mol. The SMILES string of the molecule is CC(=O)OCC1=C(C(=O)OC(c2ccccc2)c2ccccc2)N2C(=O)[C@@](C)(N)[C@H]2SC1. The number of fused-ring (bicyclic) bond motifs is 1. The first kappa shape index (κ1) is 22.1. The van der Waals surface area contributed by atoms with E-state index in [1.807, 2.05) is 60.7 Å². The Kier molecular flexibility index (Phi) is 6.08. The van der Waals surface area contributed by atoms with Gasteiger partial charge in [-0.2, -0.15) is 0 Å². The summed E-state index contributed by atoms with van der Waals surface area (Å²) in [5.74, 6) is -1.08. The van der Waals surface area contributed by atoms with Crippen LogP contribution in [0.4, 0.5) is 0 Å². The highest BCUT2D eigenvalue weighted by Crippen LogP contribution is 2.45. The first-order valence-electron chi connectivity index (χ1n) is 10.2. The topological polar surface area (TPSA) is 98.9 Å². The number of nitrogens with zero attached hydrogens (tertiary/aromatic N) is 1. The summed E-state index contributed by atoms with van der Waals surface area (Å²) in [6.45, 7) is 2.86. The minimum absolute atomic E-state index is 0.0914. The third-order valence-electron chi connectivity index (χ3n) is 5.49. The number of amides is 1. The molecule has 2 aromatic carbocycles. The van der Waals surface area contributed by atoms with Crippen LogP contribution in [0.25, 0.3) is 0 Å². The van der Waals surface area contributed by atoms with Crippen LogP contribution >= 0.6 is 11.8 Å². The van der Waals surface area contributed by atoms with Crippen molar-refractivity contribution in [1.82, 2.24) is 4.90 Å². The molecule has 0 aromatic heterocycles. The molecule has 7 nitrogen and oxygen atoms in total. The largest absolute Gasteiger partial charge is 0.461 e. The zero-order valence-corrected chi connectivity index (χ0v) is 18.6. The highest BCUT2D eigenvalue weighted by Gasteiger charge is 2.60. The van der Waals surface area contributed by atoms with Crippen LogP contribution in [-0.2, 0) is 23.9 Å². The zero-order chi connectivity index (χ0) is 22.9. The fourth-order valence-electron chi connectivity index (χ4n) is 3.85. The second kappa shape index (κ2) is 8.80. The van der Waals surface area contributed by atoms with Gasteiger partial charge >= 0.3 is 11.9 Å². The van der Waals surface area contributed by atoms with Crippen LogP contribution in [0.2, 0.25) is 0 Å². The second-order valence-corrected chi connectivity index (χ2v) is 9.03. The highest BCUT2D eigenvalue weighted by molar-refractivity contribution is 8.00. The van der Waals surface area contributed by atoms with Gasteiger partial charge in [0.15, 0.2) is 6.10 Å². The van der Waals surface area contributed by atoms with Crippen molar-refractivity contribution in [3.05, 3.63) is 83.1 Å². The number of esters is 2. The minimum atomic E-state index is -1.07. The third kappa shape index (κ3) is 4.03. The van der Waals surface area contributed by atoms with E-state index >= 15 is 0 Å². The van der Waals surface area contributed by atoms with Gasteiger partial charge in [0.25, 0.3) is 5.91 Å². The Balaban J connectivity index is 1.70. The Hall–Kier alpha value is -3.10. The monoisotopic (exact) mass is 452 g/mol. The van der Waals surface area contributed by atoms with Crippen molar-refractivity contribution in [2.75, 3.05) is 12.4 Å². The van der Waals surface area contributed by atoms with Crippen molar-refractivity contribution in [3.8, 4) is 0 Å². The number of nitrogens with two attached hydrogens (primary N) is 1. The summed E-state index contributed by atoms with van der Waals surface area (Å²) in [6.07, 6.45) is -0.666. The Morgan fingerprint density at radius 2 is 1.69 bits per heavy atom. The molecule has 4 rings (SSSR count). The molecule has 2 aromatic rings. The van der Waals surface area contributed by atoms with Crippen molar-refractivity contribution in [2.24, 2.45) is 5.73 Å². The Morgan fingerprint density at radius 3 is 2.22 bits per heavy atom. The van der Waals surface area contributed by atoms with E-state index in [0.717, 1.165) is 11.1 Å². The number of rotatable bonds is 6. The fourth-order valence-corrected chi connectivity index (χ4v) is 5.22. The molecule has 0 radical (unpaired) electrons. The van der Waals surface area contributed by atoms with E-state index in [-0.39, 0.29) is 23.6 Å². The summed E-state index contributed by atoms with van der Waals surface area (Å²) in [5, 5.41) is -0.384. The van der Waals surface area contributed by atoms with E-state index in [9.17, 15) is 14.4 Å². The van der Waals surface area contributed by atoms with E-state index in [4.69, 9.17) is 15.2 Å². The summed E-state index contributed by atoms with van der Waals surface area (Å²) in [7, 11) is 0. The summed E-state index contributed by atoms with van der Waals surface area (Å²) < 4.78 is 11.1. The standard InChI is InChI=1S/C24H24N2O5S/c1-15(27)30-13-18-14-32-23-24(2,25)22(29)26(23)19(18)21(28)31-20(16-9-5-3-6-10-16)17-11-7-4-8-12-17/h3-12,20,23H,13-14,25H2,1-2H3/t23-,24-/m1/s1. The molecule has 0 unspecified atom stereocenters. The number of β-lactam (4-membered cyclic amide) rings is 1. The Bertz CT molecular complexity index is 1030. The zero-order valence-electron chi connectivity index (χ0n) is 17.8. The van der Waals surface area contributed by atoms with Crippen molar-refractivity contribution >= 4 is 29.6 Å². The molecule has 2 atom stereocenters. The van der Waals surface area contributed by atoms with Crippen molar-refractivity contribution in [2.45, 2.75) is 30.9 Å². The fraction of sp³-hybridized carbons (Fsp3) is 0.292. The number of hydrogen-bond acceptors (Lipinski definition) is 7. The lowest BCUT2D eigenvalue weighted by Gasteiger charge is -2.54. The van der Waals surface area contributed by atoms with Gasteiger partial charge in [-0.1, -0.05) is 60.7 Å². The predicted molar refractivity (Wildman–Crippen MR) is 120 cm³/mol. The molecule has 8 heteroatoms. The lowest BCUT2D eigenvalue weighted by atomic mass is 9.89. The molecule has 2 aliphatic rings. The molecule has 166 valence electrons. The molecular formula is C24H24N2O5S. The molecule has 2 heterocycles. The van der Waals surface area contributed by atoms with Gasteiger partial charge < -0.3 is 15.2 Å². The van der Waals surface area contributed by atoms with Crippen LogP contribution < -0.4 is 5.73 Å². The predicted octanol–water partition coefficient (Wildman–Crippen LogP) is 2.77. The first-order chi connectivity index (χ1) is 15.3. The summed E-state index contributed by atoms with van der Waals surface area (Å²) in [6, 6.07) is 18.8. The maximum absolute atomic E-state index is 13.5.